The summed E-state index contributed by atoms with van der Waals surface area (Å²) in [4.78, 5) is 0. The molecule has 0 heterocycles. The molecule has 0 aromatic heterocycles. The number of ether oxygens (including phenoxy) is 2. The molecule has 0 bridgehead atoms. The highest BCUT2D eigenvalue weighted by Crippen LogP contribution is 2.33. The lowest BCUT2D eigenvalue weighted by Crippen LogP contribution is -1.94. The molecule has 0 saturated heterocycles. The van der Waals surface area contributed by atoms with Gasteiger partial charge in [0, 0.05) is 10.0 Å². The number of rotatable bonds is 5. The third-order valence-corrected chi connectivity index (χ3v) is 3.82. The highest BCUT2D eigenvalue weighted by Gasteiger charge is 2.06. The second kappa shape index (κ2) is 8.32. The van der Waals surface area contributed by atoms with Crippen molar-refractivity contribution in [2.24, 2.45) is 0 Å². The van der Waals surface area contributed by atoms with Crippen LogP contribution in [-0.2, 0) is 0 Å². The minimum Gasteiger partial charge on any atom is -0.488 e. The van der Waals surface area contributed by atoms with E-state index in [1.54, 1.807) is 42.5 Å². The SMILES string of the molecule is ClC(Cl)=CCOc1ccc(Oc2cc(Cl)cc(Cl)c2)cc1Br. The van der Waals surface area contributed by atoms with Crippen LogP contribution in [0.1, 0.15) is 0 Å². The highest BCUT2D eigenvalue weighted by molar-refractivity contribution is 9.10. The topological polar surface area (TPSA) is 18.5 Å². The van der Waals surface area contributed by atoms with Crippen LogP contribution in [0, 0.1) is 0 Å². The van der Waals surface area contributed by atoms with Crippen LogP contribution in [0.15, 0.2) is 51.4 Å². The zero-order valence-corrected chi connectivity index (χ0v) is 15.6. The van der Waals surface area contributed by atoms with Crippen LogP contribution in [0.2, 0.25) is 10.0 Å². The van der Waals surface area contributed by atoms with Crippen molar-refractivity contribution in [1.29, 1.82) is 0 Å². The van der Waals surface area contributed by atoms with Gasteiger partial charge in [0.05, 0.1) is 4.47 Å². The predicted molar refractivity (Wildman–Crippen MR) is 96.0 cm³/mol. The van der Waals surface area contributed by atoms with E-state index in [4.69, 9.17) is 55.9 Å². The van der Waals surface area contributed by atoms with E-state index in [1.165, 1.54) is 0 Å². The van der Waals surface area contributed by atoms with Gasteiger partial charge in [-0.1, -0.05) is 46.4 Å². The van der Waals surface area contributed by atoms with Gasteiger partial charge in [-0.2, -0.15) is 0 Å². The van der Waals surface area contributed by atoms with E-state index in [0.29, 0.717) is 27.3 Å². The molecule has 0 spiro atoms. The van der Waals surface area contributed by atoms with E-state index in [-0.39, 0.29) is 11.1 Å². The van der Waals surface area contributed by atoms with Gasteiger partial charge < -0.3 is 9.47 Å². The molecule has 2 aromatic rings. The third-order valence-electron chi connectivity index (χ3n) is 2.45. The smallest absolute Gasteiger partial charge is 0.134 e. The molecule has 0 aliphatic carbocycles. The van der Waals surface area contributed by atoms with E-state index in [0.717, 1.165) is 4.47 Å². The van der Waals surface area contributed by atoms with Crippen molar-refractivity contribution in [2.75, 3.05) is 6.61 Å². The maximum Gasteiger partial charge on any atom is 0.134 e. The first-order chi connectivity index (χ1) is 10.4. The summed E-state index contributed by atoms with van der Waals surface area (Å²) in [6, 6.07) is 10.3. The summed E-state index contributed by atoms with van der Waals surface area (Å²) >= 11 is 26.3. The molecule has 0 unspecified atom stereocenters. The average molecular weight is 443 g/mol. The van der Waals surface area contributed by atoms with E-state index < -0.39 is 0 Å². The molecule has 0 aliphatic heterocycles. The van der Waals surface area contributed by atoms with Crippen LogP contribution in [0.5, 0.6) is 17.2 Å². The Morgan fingerprint density at radius 3 is 2.27 bits per heavy atom. The second-order valence-electron chi connectivity index (χ2n) is 4.10. The van der Waals surface area contributed by atoms with Crippen molar-refractivity contribution in [3.63, 3.8) is 0 Å². The van der Waals surface area contributed by atoms with Gasteiger partial charge in [-0.3, -0.25) is 0 Å². The summed E-state index contributed by atoms with van der Waals surface area (Å²) in [5.41, 5.74) is 0. The third kappa shape index (κ3) is 5.56. The molecule has 0 amide bonds. The normalized spacial score (nSPS) is 10.2. The predicted octanol–water partition coefficient (Wildman–Crippen LogP) is 7.25. The summed E-state index contributed by atoms with van der Waals surface area (Å²) in [7, 11) is 0. The van der Waals surface area contributed by atoms with Crippen molar-refractivity contribution in [1.82, 2.24) is 0 Å². The molecule has 0 saturated carbocycles. The fraction of sp³-hybridized carbons (Fsp3) is 0.0667. The monoisotopic (exact) mass is 440 g/mol. The van der Waals surface area contributed by atoms with Gasteiger partial charge in [0.25, 0.3) is 0 Å². The van der Waals surface area contributed by atoms with Crippen LogP contribution < -0.4 is 9.47 Å². The number of halogens is 5. The number of benzene rings is 2. The zero-order chi connectivity index (χ0) is 16.1. The van der Waals surface area contributed by atoms with Gasteiger partial charge in [0.15, 0.2) is 0 Å². The minimum absolute atomic E-state index is 0.161. The van der Waals surface area contributed by atoms with Gasteiger partial charge in [-0.25, -0.2) is 0 Å². The molecular weight excluding hydrogens is 434 g/mol. The van der Waals surface area contributed by atoms with E-state index in [2.05, 4.69) is 15.9 Å². The summed E-state index contributed by atoms with van der Waals surface area (Å²) in [5.74, 6) is 1.81. The van der Waals surface area contributed by atoms with Crippen LogP contribution in [0.25, 0.3) is 0 Å². The largest absolute Gasteiger partial charge is 0.488 e. The number of hydrogen-bond donors (Lipinski definition) is 0. The van der Waals surface area contributed by atoms with Crippen LogP contribution in [0.4, 0.5) is 0 Å². The van der Waals surface area contributed by atoms with Crippen molar-refractivity contribution in [3.05, 3.63) is 61.5 Å². The first-order valence-electron chi connectivity index (χ1n) is 6.01. The summed E-state index contributed by atoms with van der Waals surface area (Å²) in [5, 5.41) is 1.01. The molecule has 7 heteroatoms. The maximum absolute atomic E-state index is 5.93. The van der Waals surface area contributed by atoms with Gasteiger partial charge in [-0.05, 0) is 58.4 Å². The molecule has 0 N–H and O–H groups in total. The summed E-state index contributed by atoms with van der Waals surface area (Å²) < 4.78 is 12.1. The zero-order valence-electron chi connectivity index (χ0n) is 11.0. The van der Waals surface area contributed by atoms with E-state index >= 15 is 0 Å². The van der Waals surface area contributed by atoms with Gasteiger partial charge in [0.2, 0.25) is 0 Å². The van der Waals surface area contributed by atoms with Crippen molar-refractivity contribution in [2.45, 2.75) is 0 Å². The van der Waals surface area contributed by atoms with Crippen LogP contribution >= 0.6 is 62.3 Å². The Bertz CT molecular complexity index is 680. The average Bonchev–Trinajstić information content (AvgIpc) is 2.39. The molecule has 2 aromatic carbocycles. The molecule has 116 valence electrons. The molecule has 0 fully saturated rings. The minimum atomic E-state index is 0.161. The Morgan fingerprint density at radius 1 is 1.00 bits per heavy atom. The fourth-order valence-electron chi connectivity index (χ4n) is 1.58. The Hall–Kier alpha value is -0.580. The first-order valence-corrected chi connectivity index (χ1v) is 8.32. The number of hydrogen-bond acceptors (Lipinski definition) is 2. The Morgan fingerprint density at radius 2 is 1.68 bits per heavy atom. The molecule has 0 atom stereocenters. The maximum atomic E-state index is 5.93. The van der Waals surface area contributed by atoms with E-state index in [9.17, 15) is 0 Å². The summed E-state index contributed by atoms with van der Waals surface area (Å²) in [6.07, 6.45) is 1.55. The molecule has 0 aliphatic rings. The van der Waals surface area contributed by atoms with Crippen molar-refractivity contribution >= 4 is 62.3 Å². The lowest BCUT2D eigenvalue weighted by atomic mass is 10.3. The molecule has 2 nitrogen and oxygen atoms in total. The Labute approximate surface area is 156 Å². The van der Waals surface area contributed by atoms with Crippen molar-refractivity contribution in [3.8, 4) is 17.2 Å². The van der Waals surface area contributed by atoms with Crippen LogP contribution in [0.3, 0.4) is 0 Å². The molecule has 2 rings (SSSR count). The lowest BCUT2D eigenvalue weighted by molar-refractivity contribution is 0.359. The summed E-state index contributed by atoms with van der Waals surface area (Å²) in [6.45, 7) is 0.269. The van der Waals surface area contributed by atoms with Gasteiger partial charge in [-0.15, -0.1) is 0 Å². The second-order valence-corrected chi connectivity index (χ2v) is 6.84. The van der Waals surface area contributed by atoms with Gasteiger partial charge >= 0.3 is 0 Å². The first kappa shape index (κ1) is 17.8. The lowest BCUT2D eigenvalue weighted by Gasteiger charge is -2.10. The van der Waals surface area contributed by atoms with Crippen LogP contribution in [-0.4, -0.2) is 6.61 Å². The highest BCUT2D eigenvalue weighted by atomic mass is 79.9. The van der Waals surface area contributed by atoms with Crippen molar-refractivity contribution < 1.29 is 9.47 Å². The Kier molecular flexibility index (Phi) is 6.72. The Balaban J connectivity index is 2.10. The molecule has 0 radical (unpaired) electrons. The molecule has 22 heavy (non-hydrogen) atoms. The standard InChI is InChI=1S/C15H9BrCl4O2/c16-13-8-11(1-2-14(13)21-4-3-15(19)20)22-12-6-9(17)5-10(18)7-12/h1-3,5-8H,4H2. The fourth-order valence-corrected chi connectivity index (χ4v) is 2.68. The molecular formula is C15H9BrCl4O2. The van der Waals surface area contributed by atoms with E-state index in [1.807, 2.05) is 0 Å². The van der Waals surface area contributed by atoms with Gasteiger partial charge in [0.1, 0.15) is 28.3 Å². The quantitative estimate of drug-likeness (QED) is 0.485.